The number of likely N-dealkylation sites (tertiary alicyclic amines) is 3. The minimum absolute atomic E-state index is 0.00504. The molecule has 9 aromatic heterocycles. The highest BCUT2D eigenvalue weighted by atomic mass is 19.4. The summed E-state index contributed by atoms with van der Waals surface area (Å²) in [6, 6.07) is 25.8. The van der Waals surface area contributed by atoms with Crippen molar-refractivity contribution in [3.8, 4) is 40.6 Å². The Kier molecular flexibility index (Phi) is 23.4. The van der Waals surface area contributed by atoms with Crippen LogP contribution in [0.1, 0.15) is 96.9 Å². The summed E-state index contributed by atoms with van der Waals surface area (Å²) >= 11 is 0. The van der Waals surface area contributed by atoms with Crippen LogP contribution in [0.3, 0.4) is 0 Å². The number of amides is 3. The minimum atomic E-state index is -4.65. The summed E-state index contributed by atoms with van der Waals surface area (Å²) in [6.07, 6.45) is 8.25. The van der Waals surface area contributed by atoms with E-state index in [1.54, 1.807) is 72.4 Å². The number of piperazine rings is 2. The number of aromatic nitrogens is 13. The number of likely N-dealkylation sites (N-methyl/N-ethyl adjacent to an activating group) is 2. The second kappa shape index (κ2) is 34.8. The first kappa shape index (κ1) is 80.7. The van der Waals surface area contributed by atoms with Crippen molar-refractivity contribution >= 4 is 85.1 Å². The molecule has 5 aliphatic rings. The number of aryl methyl sites for hydroxylation is 4. The summed E-state index contributed by atoms with van der Waals surface area (Å²) < 4.78 is 107. The van der Waals surface area contributed by atoms with Gasteiger partial charge in [-0.25, -0.2) is 53.0 Å². The lowest BCUT2D eigenvalue weighted by atomic mass is 10.1. The Balaban J connectivity index is 0.000000134. The number of hydrogen-bond donors (Lipinski definition) is 6. The fraction of sp³-hybridized carbons (Fsp3) is 0.318. The van der Waals surface area contributed by atoms with Gasteiger partial charge in [-0.05, 0) is 157 Å². The summed E-state index contributed by atoms with van der Waals surface area (Å²) in [5.74, 6) is -2.19. The van der Waals surface area contributed by atoms with E-state index in [4.69, 9.17) is 14.2 Å². The molecule has 620 valence electrons. The molecule has 0 radical (unpaired) electrons. The van der Waals surface area contributed by atoms with Crippen LogP contribution in [0.25, 0.3) is 38.4 Å². The number of nitrogens with one attached hydrogen (secondary N) is 6. The molecule has 0 aliphatic carbocycles. The smallest absolute Gasteiger partial charge is 0.416 e. The molecule has 29 nitrogen and oxygen atoms in total. The van der Waals surface area contributed by atoms with Crippen LogP contribution >= 0.6 is 0 Å². The van der Waals surface area contributed by atoms with Gasteiger partial charge in [0.2, 0.25) is 17.6 Å². The average Bonchev–Trinajstić information content (AvgIpc) is 1.23. The third-order valence-corrected chi connectivity index (χ3v) is 21.6. The van der Waals surface area contributed by atoms with Gasteiger partial charge in [0.15, 0.2) is 52.2 Å². The zero-order valence-electron chi connectivity index (χ0n) is 66.7. The van der Waals surface area contributed by atoms with Crippen molar-refractivity contribution in [3.63, 3.8) is 0 Å². The van der Waals surface area contributed by atoms with E-state index >= 15 is 13.2 Å². The van der Waals surface area contributed by atoms with E-state index in [9.17, 15) is 27.6 Å². The highest BCUT2D eigenvalue weighted by Crippen LogP contribution is 2.41. The molecule has 4 aromatic carbocycles. The average molecular weight is 1640 g/mol. The van der Waals surface area contributed by atoms with E-state index in [1.807, 2.05) is 44.3 Å². The van der Waals surface area contributed by atoms with Gasteiger partial charge in [-0.1, -0.05) is 13.0 Å². The number of halogens is 6. The third-order valence-electron chi connectivity index (χ3n) is 21.6. The fourth-order valence-corrected chi connectivity index (χ4v) is 14.5. The van der Waals surface area contributed by atoms with E-state index in [1.165, 1.54) is 52.7 Å². The van der Waals surface area contributed by atoms with Crippen molar-refractivity contribution in [2.24, 2.45) is 0 Å². The van der Waals surface area contributed by atoms with Gasteiger partial charge < -0.3 is 74.2 Å². The number of rotatable bonds is 21. The molecule has 5 saturated heterocycles. The topological polar surface area (TPSA) is 306 Å². The second-order valence-electron chi connectivity index (χ2n) is 30.3. The number of carbonyl (C=O) groups is 3. The fourth-order valence-electron chi connectivity index (χ4n) is 14.5. The molecular formula is C85H87F6N23O6. The Labute approximate surface area is 685 Å². The molecule has 0 saturated carbocycles. The number of aromatic amines is 3. The number of alkyl halides is 3. The Hall–Kier alpha value is -13.1. The van der Waals surface area contributed by atoms with Crippen molar-refractivity contribution in [1.82, 2.24) is 98.7 Å². The lowest BCUT2D eigenvalue weighted by Gasteiger charge is -2.33. The molecule has 6 N–H and O–H groups in total. The molecule has 18 rings (SSSR count). The van der Waals surface area contributed by atoms with Crippen LogP contribution in [0.15, 0.2) is 141 Å². The predicted molar refractivity (Wildman–Crippen MR) is 439 cm³/mol. The number of pyridine rings is 2. The Morgan fingerprint density at radius 1 is 0.458 bits per heavy atom. The SMILES string of the molecule is CCN1CCN(Cc2ccc(Nc3ncnc(Oc4ccc5[nH]c(C)cc5c4F)c3C(=O)N3CCC3)nc2)CC1.Cc1cc2c(F)c(Oc3ncnc(Nc4ccc(CN5CCN(C)CC5)nc4)c3C(=O)N3CCC3)ccc2[nH]1.Cc1cn(-c2cc(Nc3ncnc(Oc4ccc5[nH]c(C)cc5c4F)c3C(=O)N3CCC3)cc(C(F)(F)F)c2)cn1. The minimum Gasteiger partial charge on any atom is -0.435 e. The monoisotopic (exact) mass is 1640 g/mol. The maximum Gasteiger partial charge on any atom is 0.416 e. The number of H-pyrrole nitrogens is 3. The predicted octanol–water partition coefficient (Wildman–Crippen LogP) is 14.5. The number of imidazole rings is 1. The largest absolute Gasteiger partial charge is 0.435 e. The number of hydrogen-bond acceptors (Lipinski definition) is 22. The van der Waals surface area contributed by atoms with Crippen LogP contribution in [0.5, 0.6) is 34.9 Å². The molecule has 0 atom stereocenters. The summed E-state index contributed by atoms with van der Waals surface area (Å²) in [5.41, 5.74) is 7.19. The molecule has 3 amide bonds. The highest BCUT2D eigenvalue weighted by Gasteiger charge is 2.36. The van der Waals surface area contributed by atoms with Crippen molar-refractivity contribution in [3.05, 3.63) is 215 Å². The van der Waals surface area contributed by atoms with Gasteiger partial charge in [-0.2, -0.15) is 13.2 Å². The summed E-state index contributed by atoms with van der Waals surface area (Å²) in [4.78, 5) is 103. The second-order valence-corrected chi connectivity index (χ2v) is 30.3. The Morgan fingerprint density at radius 2 is 0.908 bits per heavy atom. The number of ether oxygens (including phenoxy) is 3. The zero-order chi connectivity index (χ0) is 83.5. The zero-order valence-corrected chi connectivity index (χ0v) is 66.7. The summed E-state index contributed by atoms with van der Waals surface area (Å²) in [5, 5.41) is 10.3. The van der Waals surface area contributed by atoms with E-state index < -0.39 is 35.1 Å². The normalized spacial score (nSPS) is 15.3. The number of anilines is 6. The maximum atomic E-state index is 15.3. The van der Waals surface area contributed by atoms with Crippen molar-refractivity contribution in [2.75, 3.05) is 121 Å². The van der Waals surface area contributed by atoms with Crippen LogP contribution in [0, 0.1) is 45.1 Å². The molecular weight excluding hydrogens is 1550 g/mol. The van der Waals surface area contributed by atoms with Crippen LogP contribution in [-0.2, 0) is 19.3 Å². The van der Waals surface area contributed by atoms with Crippen LogP contribution in [-0.4, -0.2) is 222 Å². The Bertz CT molecular complexity index is 5930. The van der Waals surface area contributed by atoms with E-state index in [0.717, 1.165) is 138 Å². The van der Waals surface area contributed by atoms with Crippen LogP contribution in [0.4, 0.5) is 61.0 Å². The first-order valence-electron chi connectivity index (χ1n) is 39.6. The summed E-state index contributed by atoms with van der Waals surface area (Å²) in [6.45, 7) is 24.0. The molecule has 120 heavy (non-hydrogen) atoms. The number of carbonyl (C=O) groups excluding carboxylic acids is 3. The third kappa shape index (κ3) is 18.0. The van der Waals surface area contributed by atoms with Crippen molar-refractivity contribution < 1.29 is 54.9 Å². The number of fused-ring (bicyclic) bond motifs is 3. The van der Waals surface area contributed by atoms with Gasteiger partial charge in [0.05, 0.1) is 35.2 Å². The van der Waals surface area contributed by atoms with Crippen molar-refractivity contribution in [2.45, 2.75) is 73.1 Å². The molecule has 13 aromatic rings. The molecule has 0 spiro atoms. The van der Waals surface area contributed by atoms with Gasteiger partial charge in [0, 0.05) is 178 Å². The molecule has 0 unspecified atom stereocenters. The first-order chi connectivity index (χ1) is 58.0. The highest BCUT2D eigenvalue weighted by molar-refractivity contribution is 6.04. The van der Waals surface area contributed by atoms with Gasteiger partial charge >= 0.3 is 6.18 Å². The molecule has 14 heterocycles. The van der Waals surface area contributed by atoms with Gasteiger partial charge in [-0.15, -0.1) is 0 Å². The van der Waals surface area contributed by atoms with Gasteiger partial charge in [-0.3, -0.25) is 29.2 Å². The van der Waals surface area contributed by atoms with Crippen LogP contribution < -0.4 is 30.2 Å². The van der Waals surface area contributed by atoms with Crippen molar-refractivity contribution in [1.29, 1.82) is 0 Å². The van der Waals surface area contributed by atoms with E-state index in [-0.39, 0.29) is 92.2 Å². The molecule has 5 fully saturated rings. The van der Waals surface area contributed by atoms with E-state index in [2.05, 4.69) is 109 Å². The first-order valence-corrected chi connectivity index (χ1v) is 39.6. The lowest BCUT2D eigenvalue weighted by Crippen LogP contribution is -2.45. The van der Waals surface area contributed by atoms with Gasteiger partial charge in [0.25, 0.3) is 17.7 Å². The molecule has 35 heteroatoms. The lowest BCUT2D eigenvalue weighted by molar-refractivity contribution is -0.137. The standard InChI is InChI=1S/C29H33FN8O2.C28H23F4N7O2.C28H31FN8O2/c1-3-36-11-13-37(14-12-36)17-20-5-8-24(31-16-20)35-27-25(29(39)38-9-4-10-38)28(33-18-32-27)40-23-7-6-22-21(26(23)30)15-19(2)34-22;1-15-8-20-21(36-15)4-5-22(24(20)29)41-26-23(27(40)38-6-3-7-38)25(33-13-34-26)37-18-9-17(28(30,31)32)10-19(11-18)39-12-16(2)35-14-39;1-18-14-21-22(33-18)6-7-23(25(21)29)39-27-24(28(38)37-8-3-9-37)26(31-17-32-27)34-19-4-5-20(30-15-19)16-36-12-10-35(2)11-13-36/h5-8,15-16,18,34H,3-4,9-14,17H2,1-2H3,(H,31,32,33,35);4-5,8-14,36H,3,6-7H2,1-2H3,(H,33,34,37);4-7,14-15,17,33H,3,8-13,16H2,1-2H3,(H,31,32,34). The number of benzene rings is 4. The van der Waals surface area contributed by atoms with E-state index in [0.29, 0.717) is 89.2 Å². The molecule has 5 aliphatic heterocycles. The maximum absolute atomic E-state index is 15.3. The number of nitrogens with zero attached hydrogens (tertiary/aromatic N) is 17. The van der Waals surface area contributed by atoms with Gasteiger partial charge in [0.1, 0.15) is 41.5 Å². The molecule has 0 bridgehead atoms. The Morgan fingerprint density at radius 3 is 1.32 bits per heavy atom. The summed E-state index contributed by atoms with van der Waals surface area (Å²) in [7, 11) is 2.14. The quantitative estimate of drug-likeness (QED) is 0.0364. The van der Waals surface area contributed by atoms with Crippen LogP contribution in [0.2, 0.25) is 0 Å².